The maximum Gasteiger partial charge on any atom is 0.251 e. The van der Waals surface area contributed by atoms with Crippen LogP contribution in [0.25, 0.3) is 0 Å². The van der Waals surface area contributed by atoms with Crippen LogP contribution in [-0.4, -0.2) is 74.7 Å². The summed E-state index contributed by atoms with van der Waals surface area (Å²) in [6.07, 6.45) is 2.90. The number of likely N-dealkylation sites (N-methyl/N-ethyl adjacent to an activating group) is 1. The minimum Gasteiger partial charge on any atom is -0.368 e. The third-order valence-electron chi connectivity index (χ3n) is 3.79. The molecule has 2 fully saturated rings. The fourth-order valence-corrected chi connectivity index (χ4v) is 2.52. The molecule has 1 unspecified atom stereocenters. The second kappa shape index (κ2) is 7.07. The Labute approximate surface area is 109 Å². The molecule has 2 aliphatic rings. The first-order chi connectivity index (χ1) is 8.77. The summed E-state index contributed by atoms with van der Waals surface area (Å²) in [4.78, 5) is 16.4. The maximum atomic E-state index is 12.1. The highest BCUT2D eigenvalue weighted by molar-refractivity contribution is 5.80. The van der Waals surface area contributed by atoms with Crippen molar-refractivity contribution in [3.05, 3.63) is 0 Å². The van der Waals surface area contributed by atoms with Gasteiger partial charge in [-0.3, -0.25) is 9.69 Å². The lowest BCUT2D eigenvalue weighted by Gasteiger charge is -2.31. The first kappa shape index (κ1) is 13.8. The largest absolute Gasteiger partial charge is 0.368 e. The molecule has 5 nitrogen and oxygen atoms in total. The predicted molar refractivity (Wildman–Crippen MR) is 70.5 cm³/mol. The summed E-state index contributed by atoms with van der Waals surface area (Å²) in [5, 5.41) is 3.33. The molecule has 0 bridgehead atoms. The molecule has 1 N–H and O–H groups in total. The lowest BCUT2D eigenvalue weighted by atomic mass is 10.1. The van der Waals surface area contributed by atoms with Crippen molar-refractivity contribution >= 4 is 5.91 Å². The van der Waals surface area contributed by atoms with Gasteiger partial charge in [0.25, 0.3) is 5.91 Å². The molecular weight excluding hydrogens is 230 g/mol. The van der Waals surface area contributed by atoms with Gasteiger partial charge in [0.05, 0.1) is 0 Å². The van der Waals surface area contributed by atoms with Crippen LogP contribution in [0, 0.1) is 0 Å². The number of carbonyl (C=O) groups excluding carboxylic acids is 1. The third-order valence-corrected chi connectivity index (χ3v) is 3.79. The zero-order chi connectivity index (χ0) is 12.8. The highest BCUT2D eigenvalue weighted by atomic mass is 16.5. The molecule has 0 aliphatic carbocycles. The molecular formula is C13H25N3O2. The lowest BCUT2D eigenvalue weighted by molar-refractivity contribution is -0.145. The van der Waals surface area contributed by atoms with E-state index in [0.717, 1.165) is 65.1 Å². The minimum atomic E-state index is -0.188. The van der Waals surface area contributed by atoms with Crippen LogP contribution in [0.3, 0.4) is 0 Å². The van der Waals surface area contributed by atoms with E-state index in [4.69, 9.17) is 4.74 Å². The molecule has 1 atom stereocenters. The van der Waals surface area contributed by atoms with Gasteiger partial charge in [-0.05, 0) is 19.3 Å². The van der Waals surface area contributed by atoms with Gasteiger partial charge in [0.15, 0.2) is 0 Å². The summed E-state index contributed by atoms with van der Waals surface area (Å²) < 4.78 is 5.54. The molecule has 2 heterocycles. The molecule has 0 aromatic heterocycles. The van der Waals surface area contributed by atoms with E-state index < -0.39 is 0 Å². The molecule has 0 saturated carbocycles. The number of piperazine rings is 1. The Bertz CT molecular complexity index is 261. The van der Waals surface area contributed by atoms with E-state index in [-0.39, 0.29) is 12.0 Å². The van der Waals surface area contributed by atoms with Crippen molar-refractivity contribution < 1.29 is 9.53 Å². The molecule has 0 aromatic carbocycles. The Morgan fingerprint density at radius 1 is 1.39 bits per heavy atom. The molecule has 104 valence electrons. The van der Waals surface area contributed by atoms with Gasteiger partial charge in [0.1, 0.15) is 6.10 Å². The summed E-state index contributed by atoms with van der Waals surface area (Å²) >= 11 is 0. The van der Waals surface area contributed by atoms with E-state index in [1.807, 2.05) is 11.9 Å². The van der Waals surface area contributed by atoms with Gasteiger partial charge < -0.3 is 15.0 Å². The maximum absolute atomic E-state index is 12.1. The first-order valence-electron chi connectivity index (χ1n) is 7.07. The second-order valence-electron chi connectivity index (χ2n) is 5.21. The van der Waals surface area contributed by atoms with E-state index in [1.54, 1.807) is 0 Å². The van der Waals surface area contributed by atoms with Gasteiger partial charge in [0, 0.05) is 52.9 Å². The van der Waals surface area contributed by atoms with Gasteiger partial charge in [-0.15, -0.1) is 0 Å². The zero-order valence-electron chi connectivity index (χ0n) is 11.4. The Morgan fingerprint density at radius 3 is 2.83 bits per heavy atom. The summed E-state index contributed by atoms with van der Waals surface area (Å²) in [7, 11) is 1.89. The number of carbonyl (C=O) groups is 1. The van der Waals surface area contributed by atoms with Crippen LogP contribution >= 0.6 is 0 Å². The Balaban J connectivity index is 1.69. The Hall–Kier alpha value is -0.650. The van der Waals surface area contributed by atoms with E-state index in [1.165, 1.54) is 0 Å². The van der Waals surface area contributed by atoms with E-state index in [0.29, 0.717) is 0 Å². The lowest BCUT2D eigenvalue weighted by Crippen LogP contribution is -2.48. The predicted octanol–water partition coefficient (Wildman–Crippen LogP) is -0.0809. The summed E-state index contributed by atoms with van der Waals surface area (Å²) in [5.41, 5.74) is 0. The highest BCUT2D eigenvalue weighted by Crippen LogP contribution is 2.14. The van der Waals surface area contributed by atoms with E-state index >= 15 is 0 Å². The third kappa shape index (κ3) is 3.93. The quantitative estimate of drug-likeness (QED) is 0.763. The number of ether oxygens (including phenoxy) is 1. The average Bonchev–Trinajstić information content (AvgIpc) is 2.46. The number of nitrogens with one attached hydrogen (secondary N) is 1. The number of nitrogens with zero attached hydrogens (tertiary/aromatic N) is 2. The molecule has 0 radical (unpaired) electrons. The van der Waals surface area contributed by atoms with Gasteiger partial charge in [-0.2, -0.15) is 0 Å². The van der Waals surface area contributed by atoms with Crippen molar-refractivity contribution in [1.29, 1.82) is 0 Å². The molecule has 0 aromatic rings. The number of rotatable bonds is 4. The van der Waals surface area contributed by atoms with Crippen LogP contribution in [0.5, 0.6) is 0 Å². The van der Waals surface area contributed by atoms with Crippen molar-refractivity contribution in [2.45, 2.75) is 25.4 Å². The highest BCUT2D eigenvalue weighted by Gasteiger charge is 2.25. The van der Waals surface area contributed by atoms with Crippen LogP contribution in [0.4, 0.5) is 0 Å². The van der Waals surface area contributed by atoms with Gasteiger partial charge >= 0.3 is 0 Å². The molecule has 2 rings (SSSR count). The monoisotopic (exact) mass is 255 g/mol. The SMILES string of the molecule is CN(CCN1CCNCC1)C(=O)C1CCCCO1. The van der Waals surface area contributed by atoms with Crippen molar-refractivity contribution in [2.24, 2.45) is 0 Å². The van der Waals surface area contributed by atoms with E-state index in [9.17, 15) is 4.79 Å². The van der Waals surface area contributed by atoms with Crippen LogP contribution in [0.15, 0.2) is 0 Å². The smallest absolute Gasteiger partial charge is 0.251 e. The van der Waals surface area contributed by atoms with Crippen molar-refractivity contribution in [1.82, 2.24) is 15.1 Å². The van der Waals surface area contributed by atoms with E-state index in [2.05, 4.69) is 10.2 Å². The minimum absolute atomic E-state index is 0.157. The normalized spacial score (nSPS) is 25.9. The molecule has 0 spiro atoms. The topological polar surface area (TPSA) is 44.8 Å². The van der Waals surface area contributed by atoms with Crippen molar-refractivity contribution in [3.8, 4) is 0 Å². The Kier molecular flexibility index (Phi) is 5.41. The first-order valence-corrected chi connectivity index (χ1v) is 7.07. The average molecular weight is 255 g/mol. The number of amides is 1. The summed E-state index contributed by atoms with van der Waals surface area (Å²) in [5.74, 6) is 0.157. The van der Waals surface area contributed by atoms with Crippen LogP contribution in [0.2, 0.25) is 0 Å². The fourth-order valence-electron chi connectivity index (χ4n) is 2.52. The standard InChI is InChI=1S/C13H25N3O2/c1-15(9-10-16-7-5-14-6-8-16)13(17)12-4-2-3-11-18-12/h12,14H,2-11H2,1H3. The molecule has 2 aliphatic heterocycles. The number of hydrogen-bond acceptors (Lipinski definition) is 4. The molecule has 1 amide bonds. The summed E-state index contributed by atoms with van der Waals surface area (Å²) in [6, 6.07) is 0. The van der Waals surface area contributed by atoms with Crippen molar-refractivity contribution in [2.75, 3.05) is 52.9 Å². The molecule has 2 saturated heterocycles. The summed E-state index contributed by atoms with van der Waals surface area (Å²) in [6.45, 7) is 6.80. The molecule has 18 heavy (non-hydrogen) atoms. The Morgan fingerprint density at radius 2 is 2.17 bits per heavy atom. The van der Waals surface area contributed by atoms with Crippen LogP contribution < -0.4 is 5.32 Å². The second-order valence-corrected chi connectivity index (χ2v) is 5.21. The van der Waals surface area contributed by atoms with Crippen molar-refractivity contribution in [3.63, 3.8) is 0 Å². The van der Waals surface area contributed by atoms with Gasteiger partial charge in [-0.25, -0.2) is 0 Å². The zero-order valence-corrected chi connectivity index (χ0v) is 11.4. The van der Waals surface area contributed by atoms with Gasteiger partial charge in [-0.1, -0.05) is 0 Å². The van der Waals surface area contributed by atoms with Gasteiger partial charge in [0.2, 0.25) is 0 Å². The van der Waals surface area contributed by atoms with Crippen LogP contribution in [-0.2, 0) is 9.53 Å². The fraction of sp³-hybridized carbons (Fsp3) is 0.923. The number of hydrogen-bond donors (Lipinski definition) is 1. The molecule has 5 heteroatoms. The van der Waals surface area contributed by atoms with Crippen LogP contribution in [0.1, 0.15) is 19.3 Å².